The van der Waals surface area contributed by atoms with Crippen LogP contribution in [0.3, 0.4) is 0 Å². The standard InChI is InChI=1S/C18H20O7/c1-24-12-9-11-5-4-7-14(20)17(22)13(19)6-2-3-8-25-18(23)16(11)15(21)10-12/h9-10,21H,2-8H2,1H3. The van der Waals surface area contributed by atoms with Gasteiger partial charge in [-0.2, -0.15) is 0 Å². The summed E-state index contributed by atoms with van der Waals surface area (Å²) < 4.78 is 10.2. The molecule has 1 aromatic rings. The third-order valence-electron chi connectivity index (χ3n) is 4.00. The number of rotatable bonds is 1. The van der Waals surface area contributed by atoms with Gasteiger partial charge >= 0.3 is 5.97 Å². The van der Waals surface area contributed by atoms with E-state index < -0.39 is 23.3 Å². The second kappa shape index (κ2) is 8.41. The summed E-state index contributed by atoms with van der Waals surface area (Å²) in [6, 6.07) is 2.90. The maximum atomic E-state index is 12.3. The lowest BCUT2D eigenvalue weighted by molar-refractivity contribution is -0.144. The maximum Gasteiger partial charge on any atom is 0.342 e. The normalized spacial score (nSPS) is 17.5. The molecule has 134 valence electrons. The van der Waals surface area contributed by atoms with Gasteiger partial charge in [-0.1, -0.05) is 0 Å². The number of phenolic OH excluding ortho intramolecular Hbond substituents is 1. The number of phenols is 1. The van der Waals surface area contributed by atoms with Gasteiger partial charge in [0.2, 0.25) is 11.6 Å². The number of hydrogen-bond donors (Lipinski definition) is 1. The van der Waals surface area contributed by atoms with Gasteiger partial charge in [-0.25, -0.2) is 4.79 Å². The number of carbonyl (C=O) groups is 4. The molecular formula is C18H20O7. The number of Topliss-reactive ketones (excluding diaryl/α,β-unsaturated/α-hetero) is 3. The highest BCUT2D eigenvalue weighted by Crippen LogP contribution is 2.30. The molecular weight excluding hydrogens is 328 g/mol. The zero-order chi connectivity index (χ0) is 18.4. The smallest absolute Gasteiger partial charge is 0.342 e. The van der Waals surface area contributed by atoms with Gasteiger partial charge in [-0.15, -0.1) is 0 Å². The third-order valence-corrected chi connectivity index (χ3v) is 4.00. The SMILES string of the molecule is COc1cc(O)c2c(c1)CCCC(=O)C(=O)C(=O)CCCCOC2=O. The molecule has 1 N–H and O–H groups in total. The van der Waals surface area contributed by atoms with E-state index in [1.54, 1.807) is 6.07 Å². The second-order valence-corrected chi connectivity index (χ2v) is 5.80. The van der Waals surface area contributed by atoms with E-state index in [2.05, 4.69) is 0 Å². The fourth-order valence-corrected chi connectivity index (χ4v) is 2.65. The van der Waals surface area contributed by atoms with Crippen molar-refractivity contribution in [2.24, 2.45) is 0 Å². The van der Waals surface area contributed by atoms with E-state index in [0.717, 1.165) is 0 Å². The van der Waals surface area contributed by atoms with Crippen LogP contribution in [0.2, 0.25) is 0 Å². The minimum absolute atomic E-state index is 0.0349. The van der Waals surface area contributed by atoms with Crippen LogP contribution in [-0.4, -0.2) is 42.1 Å². The Balaban J connectivity index is 2.29. The van der Waals surface area contributed by atoms with E-state index in [0.29, 0.717) is 24.2 Å². The molecule has 0 spiro atoms. The van der Waals surface area contributed by atoms with Crippen LogP contribution in [0.15, 0.2) is 12.1 Å². The molecule has 0 aromatic heterocycles. The lowest BCUT2D eigenvalue weighted by Crippen LogP contribution is -2.24. The zero-order valence-corrected chi connectivity index (χ0v) is 14.0. The van der Waals surface area contributed by atoms with Crippen LogP contribution in [-0.2, 0) is 25.5 Å². The quantitative estimate of drug-likeness (QED) is 0.609. The summed E-state index contributed by atoms with van der Waals surface area (Å²) in [4.78, 5) is 47.5. The van der Waals surface area contributed by atoms with Gasteiger partial charge in [0.25, 0.3) is 5.78 Å². The fourth-order valence-electron chi connectivity index (χ4n) is 2.65. The maximum absolute atomic E-state index is 12.3. The van der Waals surface area contributed by atoms with E-state index in [4.69, 9.17) is 9.47 Å². The molecule has 0 saturated carbocycles. The topological polar surface area (TPSA) is 107 Å². The number of aromatic hydroxyl groups is 1. The predicted molar refractivity (Wildman–Crippen MR) is 86.8 cm³/mol. The van der Waals surface area contributed by atoms with Crippen LogP contribution >= 0.6 is 0 Å². The molecule has 1 aliphatic heterocycles. The highest BCUT2D eigenvalue weighted by atomic mass is 16.5. The molecule has 0 saturated heterocycles. The van der Waals surface area contributed by atoms with Crippen molar-refractivity contribution in [3.63, 3.8) is 0 Å². The Bertz CT molecular complexity index is 706. The first-order valence-corrected chi connectivity index (χ1v) is 8.11. The van der Waals surface area contributed by atoms with E-state index in [1.165, 1.54) is 13.2 Å². The van der Waals surface area contributed by atoms with E-state index in [-0.39, 0.29) is 43.6 Å². The number of esters is 1. The number of benzene rings is 1. The first-order chi connectivity index (χ1) is 11.9. The summed E-state index contributed by atoms with van der Waals surface area (Å²) in [5.74, 6) is -2.96. The van der Waals surface area contributed by atoms with Crippen LogP contribution < -0.4 is 4.74 Å². The number of cyclic esters (lactones) is 1. The molecule has 0 fully saturated rings. The van der Waals surface area contributed by atoms with Crippen molar-refractivity contribution >= 4 is 23.3 Å². The van der Waals surface area contributed by atoms with E-state index >= 15 is 0 Å². The largest absolute Gasteiger partial charge is 0.507 e. The fraction of sp³-hybridized carbons (Fsp3) is 0.444. The molecule has 0 atom stereocenters. The number of hydrogen-bond acceptors (Lipinski definition) is 7. The minimum Gasteiger partial charge on any atom is -0.507 e. The van der Waals surface area contributed by atoms with E-state index in [1.807, 2.05) is 0 Å². The van der Waals surface area contributed by atoms with Gasteiger partial charge < -0.3 is 14.6 Å². The van der Waals surface area contributed by atoms with Crippen LogP contribution in [0.25, 0.3) is 0 Å². The third kappa shape index (κ3) is 4.65. The highest BCUT2D eigenvalue weighted by molar-refractivity contribution is 6.63. The van der Waals surface area contributed by atoms with E-state index in [9.17, 15) is 24.3 Å². The van der Waals surface area contributed by atoms with Crippen LogP contribution in [0.5, 0.6) is 11.5 Å². The number of methoxy groups -OCH3 is 1. The molecule has 0 radical (unpaired) electrons. The Morgan fingerprint density at radius 2 is 1.64 bits per heavy atom. The van der Waals surface area contributed by atoms with Crippen molar-refractivity contribution in [1.82, 2.24) is 0 Å². The molecule has 7 nitrogen and oxygen atoms in total. The van der Waals surface area contributed by atoms with Gasteiger partial charge in [0, 0.05) is 18.9 Å². The molecule has 25 heavy (non-hydrogen) atoms. The van der Waals surface area contributed by atoms with Crippen molar-refractivity contribution in [1.29, 1.82) is 0 Å². The average Bonchev–Trinajstić information content (AvgIpc) is 2.59. The molecule has 7 heteroatoms. The molecule has 1 aliphatic rings. The summed E-state index contributed by atoms with van der Waals surface area (Å²) in [5.41, 5.74) is 0.498. The number of ketones is 3. The van der Waals surface area contributed by atoms with Gasteiger partial charge in [-0.3, -0.25) is 14.4 Å². The van der Waals surface area contributed by atoms with Gasteiger partial charge in [0.1, 0.15) is 17.1 Å². The van der Waals surface area contributed by atoms with Crippen LogP contribution in [0, 0.1) is 0 Å². The van der Waals surface area contributed by atoms with Crippen LogP contribution in [0.4, 0.5) is 0 Å². The van der Waals surface area contributed by atoms with Crippen molar-refractivity contribution in [2.45, 2.75) is 38.5 Å². The first kappa shape index (κ1) is 18.6. The molecule has 1 aromatic carbocycles. The van der Waals surface area contributed by atoms with Crippen molar-refractivity contribution in [3.05, 3.63) is 23.3 Å². The first-order valence-electron chi connectivity index (χ1n) is 8.11. The number of aryl methyl sites for hydroxylation is 1. The molecule has 0 unspecified atom stereocenters. The van der Waals surface area contributed by atoms with Crippen molar-refractivity contribution in [3.8, 4) is 11.5 Å². The monoisotopic (exact) mass is 348 g/mol. The van der Waals surface area contributed by atoms with Crippen molar-refractivity contribution in [2.75, 3.05) is 13.7 Å². The number of ether oxygens (including phenoxy) is 2. The Labute approximate surface area is 144 Å². The lowest BCUT2D eigenvalue weighted by atomic mass is 9.97. The second-order valence-electron chi connectivity index (χ2n) is 5.80. The Morgan fingerprint density at radius 1 is 0.960 bits per heavy atom. The molecule has 0 aliphatic carbocycles. The zero-order valence-electron chi connectivity index (χ0n) is 14.0. The average molecular weight is 348 g/mol. The van der Waals surface area contributed by atoms with Crippen molar-refractivity contribution < 1.29 is 33.8 Å². The molecule has 0 amide bonds. The van der Waals surface area contributed by atoms with Gasteiger partial charge in [-0.05, 0) is 37.3 Å². The Hall–Kier alpha value is -2.70. The summed E-state index contributed by atoms with van der Waals surface area (Å²) in [5, 5.41) is 10.1. The van der Waals surface area contributed by atoms with Gasteiger partial charge in [0.05, 0.1) is 13.7 Å². The summed E-state index contributed by atoms with van der Waals surface area (Å²) in [6.45, 7) is 0.0547. The minimum atomic E-state index is -0.970. The highest BCUT2D eigenvalue weighted by Gasteiger charge is 2.24. The lowest BCUT2D eigenvalue weighted by Gasteiger charge is -2.13. The summed E-state index contributed by atoms with van der Waals surface area (Å²) >= 11 is 0. The number of carbonyl (C=O) groups excluding carboxylic acids is 4. The number of fused-ring (bicyclic) bond motifs is 1. The molecule has 0 bridgehead atoms. The molecule has 1 heterocycles. The van der Waals surface area contributed by atoms with Gasteiger partial charge in [0.15, 0.2) is 0 Å². The summed E-state index contributed by atoms with van der Waals surface area (Å²) in [7, 11) is 1.43. The van der Waals surface area contributed by atoms with Crippen LogP contribution in [0.1, 0.15) is 48.0 Å². The Morgan fingerprint density at radius 3 is 2.32 bits per heavy atom. The predicted octanol–water partition coefficient (Wildman–Crippen LogP) is 1.77. The Kier molecular flexibility index (Phi) is 6.27. The summed E-state index contributed by atoms with van der Waals surface area (Å²) in [6.07, 6.45) is 1.09. The molecule has 2 rings (SSSR count).